The van der Waals surface area contributed by atoms with Gasteiger partial charge in [-0.3, -0.25) is 9.59 Å². The maximum atomic E-state index is 12.9. The van der Waals surface area contributed by atoms with Crippen LogP contribution in [0.2, 0.25) is 0 Å². The normalized spacial score (nSPS) is 18.2. The van der Waals surface area contributed by atoms with Crippen LogP contribution in [0.5, 0.6) is 0 Å². The number of carboxylic acids is 1. The van der Waals surface area contributed by atoms with E-state index in [4.69, 9.17) is 0 Å². The number of aryl methyl sites for hydroxylation is 1. The molecular weight excluding hydrogens is 356 g/mol. The molecule has 1 aliphatic heterocycles. The number of aliphatic carboxylic acids is 1. The minimum Gasteiger partial charge on any atom is -0.481 e. The Balaban J connectivity index is 2.35. The van der Waals surface area contributed by atoms with E-state index in [9.17, 15) is 23.1 Å². The molecule has 144 valence electrons. The van der Waals surface area contributed by atoms with Gasteiger partial charge in [0.15, 0.2) is 0 Å². The number of hydrogen-bond donors (Lipinski definition) is 1. The van der Waals surface area contributed by atoms with Crippen LogP contribution in [-0.2, 0) is 14.8 Å². The number of benzene rings is 1. The second-order valence-electron chi connectivity index (χ2n) is 6.49. The zero-order valence-corrected chi connectivity index (χ0v) is 16.3. The van der Waals surface area contributed by atoms with Crippen molar-refractivity contribution in [1.82, 2.24) is 9.21 Å². The first kappa shape index (κ1) is 20.4. The summed E-state index contributed by atoms with van der Waals surface area (Å²) in [5.74, 6) is -1.79. The Morgan fingerprint density at radius 2 is 1.92 bits per heavy atom. The standard InChI is InChI=1S/C18H26N2O5S/c1-4-20(5-2)26(24,25)15-9-8-13(3)16(11-15)17(21)19-10-6-7-14(12-19)18(22)23/h8-9,11,14H,4-7,10,12H2,1-3H3,(H,22,23)/t14-/m0/s1. The van der Waals surface area contributed by atoms with E-state index in [0.717, 1.165) is 0 Å². The lowest BCUT2D eigenvalue weighted by molar-refractivity contribution is -0.143. The molecule has 0 aliphatic carbocycles. The van der Waals surface area contributed by atoms with Crippen molar-refractivity contribution in [3.63, 3.8) is 0 Å². The zero-order chi connectivity index (χ0) is 19.5. The molecule has 0 aromatic heterocycles. The van der Waals surface area contributed by atoms with Gasteiger partial charge in [0.1, 0.15) is 0 Å². The monoisotopic (exact) mass is 382 g/mol. The van der Waals surface area contributed by atoms with E-state index in [1.54, 1.807) is 26.8 Å². The summed E-state index contributed by atoms with van der Waals surface area (Å²) in [6.07, 6.45) is 1.17. The average Bonchev–Trinajstić information content (AvgIpc) is 2.62. The highest BCUT2D eigenvalue weighted by Crippen LogP contribution is 2.23. The Morgan fingerprint density at radius 3 is 2.50 bits per heavy atom. The van der Waals surface area contributed by atoms with Gasteiger partial charge >= 0.3 is 5.97 Å². The molecule has 26 heavy (non-hydrogen) atoms. The lowest BCUT2D eigenvalue weighted by atomic mass is 9.97. The molecular formula is C18H26N2O5S. The summed E-state index contributed by atoms with van der Waals surface area (Å²) in [7, 11) is -3.66. The van der Waals surface area contributed by atoms with Gasteiger partial charge in [-0.05, 0) is 37.5 Å². The Morgan fingerprint density at radius 1 is 1.27 bits per heavy atom. The lowest BCUT2D eigenvalue weighted by Gasteiger charge is -2.31. The van der Waals surface area contributed by atoms with Crippen LogP contribution >= 0.6 is 0 Å². The number of carbonyl (C=O) groups excluding carboxylic acids is 1. The van der Waals surface area contributed by atoms with Crippen molar-refractivity contribution in [3.05, 3.63) is 29.3 Å². The molecule has 0 unspecified atom stereocenters. The third-order valence-electron chi connectivity index (χ3n) is 4.84. The van der Waals surface area contributed by atoms with E-state index in [0.29, 0.717) is 43.6 Å². The third kappa shape index (κ3) is 4.07. The van der Waals surface area contributed by atoms with Crippen molar-refractivity contribution in [1.29, 1.82) is 0 Å². The summed E-state index contributed by atoms with van der Waals surface area (Å²) in [6, 6.07) is 4.55. The van der Waals surface area contributed by atoms with Crippen molar-refractivity contribution < 1.29 is 23.1 Å². The van der Waals surface area contributed by atoms with Crippen molar-refractivity contribution in [2.45, 2.75) is 38.5 Å². The van der Waals surface area contributed by atoms with E-state index in [1.807, 2.05) is 0 Å². The number of nitrogens with zero attached hydrogens (tertiary/aromatic N) is 2. The van der Waals surface area contributed by atoms with Crippen molar-refractivity contribution >= 4 is 21.9 Å². The highest BCUT2D eigenvalue weighted by Gasteiger charge is 2.30. The largest absolute Gasteiger partial charge is 0.481 e. The molecule has 1 amide bonds. The lowest BCUT2D eigenvalue weighted by Crippen LogP contribution is -2.42. The molecule has 8 heteroatoms. The van der Waals surface area contributed by atoms with Crippen molar-refractivity contribution in [2.24, 2.45) is 5.92 Å². The number of rotatable bonds is 6. The predicted octanol–water partition coefficient (Wildman–Crippen LogP) is 1.96. The maximum Gasteiger partial charge on any atom is 0.308 e. The van der Waals surface area contributed by atoms with Crippen LogP contribution in [0.3, 0.4) is 0 Å². The number of piperidine rings is 1. The summed E-state index contributed by atoms with van der Waals surface area (Å²) in [6.45, 7) is 6.61. The van der Waals surface area contributed by atoms with E-state index >= 15 is 0 Å². The summed E-state index contributed by atoms with van der Waals surface area (Å²) >= 11 is 0. The van der Waals surface area contributed by atoms with Gasteiger partial charge in [-0.15, -0.1) is 0 Å². The van der Waals surface area contributed by atoms with Crippen LogP contribution in [0.15, 0.2) is 23.1 Å². The van der Waals surface area contributed by atoms with Crippen LogP contribution in [0.1, 0.15) is 42.6 Å². The predicted molar refractivity (Wildman–Crippen MR) is 97.5 cm³/mol. The first-order valence-corrected chi connectivity index (χ1v) is 10.3. The summed E-state index contributed by atoms with van der Waals surface area (Å²) in [4.78, 5) is 25.7. The van der Waals surface area contributed by atoms with Crippen molar-refractivity contribution in [2.75, 3.05) is 26.2 Å². The van der Waals surface area contributed by atoms with Gasteiger partial charge in [-0.25, -0.2) is 8.42 Å². The molecule has 0 spiro atoms. The SMILES string of the molecule is CCN(CC)S(=O)(=O)c1ccc(C)c(C(=O)N2CCC[C@H](C(=O)O)C2)c1. The fraction of sp³-hybridized carbons (Fsp3) is 0.556. The van der Waals surface area contributed by atoms with E-state index in [1.165, 1.54) is 21.3 Å². The molecule has 2 rings (SSSR count). The second-order valence-corrected chi connectivity index (χ2v) is 8.43. The minimum atomic E-state index is -3.66. The van der Waals surface area contributed by atoms with E-state index in [-0.39, 0.29) is 17.3 Å². The molecule has 1 N–H and O–H groups in total. The highest BCUT2D eigenvalue weighted by molar-refractivity contribution is 7.89. The Hall–Kier alpha value is -1.93. The molecule has 1 aromatic rings. The number of carbonyl (C=O) groups is 2. The zero-order valence-electron chi connectivity index (χ0n) is 15.4. The Labute approximate surface area is 154 Å². The summed E-state index contributed by atoms with van der Waals surface area (Å²) in [5.41, 5.74) is 0.982. The Kier molecular flexibility index (Phi) is 6.41. The van der Waals surface area contributed by atoms with Crippen LogP contribution in [0.25, 0.3) is 0 Å². The fourth-order valence-corrected chi connectivity index (χ4v) is 4.72. The molecule has 0 bridgehead atoms. The fourth-order valence-electron chi connectivity index (χ4n) is 3.24. The number of likely N-dealkylation sites (tertiary alicyclic amines) is 1. The van der Waals surface area contributed by atoms with Crippen molar-refractivity contribution in [3.8, 4) is 0 Å². The second kappa shape index (κ2) is 8.18. The van der Waals surface area contributed by atoms with Crippen LogP contribution in [0, 0.1) is 12.8 Å². The van der Waals surface area contributed by atoms with E-state index in [2.05, 4.69) is 0 Å². The molecule has 1 atom stereocenters. The van der Waals surface area contributed by atoms with Gasteiger partial charge in [-0.2, -0.15) is 4.31 Å². The average molecular weight is 382 g/mol. The smallest absolute Gasteiger partial charge is 0.308 e. The number of hydrogen-bond acceptors (Lipinski definition) is 4. The van der Waals surface area contributed by atoms with E-state index < -0.39 is 21.9 Å². The molecule has 0 radical (unpaired) electrons. The maximum absolute atomic E-state index is 12.9. The molecule has 1 aliphatic rings. The number of carboxylic acid groups (broad SMARTS) is 1. The minimum absolute atomic E-state index is 0.0851. The molecule has 7 nitrogen and oxygen atoms in total. The highest BCUT2D eigenvalue weighted by atomic mass is 32.2. The summed E-state index contributed by atoms with van der Waals surface area (Å²) in [5, 5.41) is 9.21. The van der Waals surface area contributed by atoms with Gasteiger partial charge in [0.25, 0.3) is 5.91 Å². The van der Waals surface area contributed by atoms with Gasteiger partial charge in [0, 0.05) is 31.7 Å². The first-order valence-electron chi connectivity index (χ1n) is 8.85. The van der Waals surface area contributed by atoms with Crippen LogP contribution < -0.4 is 0 Å². The van der Waals surface area contributed by atoms with Gasteiger partial charge in [-0.1, -0.05) is 19.9 Å². The number of sulfonamides is 1. The topological polar surface area (TPSA) is 95.0 Å². The first-order chi connectivity index (χ1) is 12.2. The molecule has 0 saturated carbocycles. The van der Waals surface area contributed by atoms with Crippen LogP contribution in [0.4, 0.5) is 0 Å². The third-order valence-corrected chi connectivity index (χ3v) is 6.89. The van der Waals surface area contributed by atoms with Gasteiger partial charge in [0.2, 0.25) is 10.0 Å². The van der Waals surface area contributed by atoms with Gasteiger partial charge in [0.05, 0.1) is 10.8 Å². The molecule has 1 aromatic carbocycles. The number of amides is 1. The Bertz CT molecular complexity index is 787. The van der Waals surface area contributed by atoms with Gasteiger partial charge < -0.3 is 10.0 Å². The molecule has 1 heterocycles. The molecule has 1 saturated heterocycles. The van der Waals surface area contributed by atoms with Crippen LogP contribution in [-0.4, -0.2) is 60.8 Å². The molecule has 1 fully saturated rings. The summed E-state index contributed by atoms with van der Waals surface area (Å²) < 4.78 is 26.8. The quantitative estimate of drug-likeness (QED) is 0.811.